The van der Waals surface area contributed by atoms with Crippen molar-refractivity contribution in [3.05, 3.63) is 47.9 Å². The van der Waals surface area contributed by atoms with Gasteiger partial charge < -0.3 is 19.8 Å². The predicted octanol–water partition coefficient (Wildman–Crippen LogP) is 1.04. The number of nitrogens with one attached hydrogen (secondary N) is 2. The number of nitrogens with zero attached hydrogens (tertiary/aromatic N) is 3. The molecule has 0 bridgehead atoms. The number of hydroxylamine groups is 1. The Morgan fingerprint density at radius 1 is 1.23 bits per heavy atom. The summed E-state index contributed by atoms with van der Waals surface area (Å²) in [4.78, 5) is 29.1. The highest BCUT2D eigenvalue weighted by molar-refractivity contribution is 6.03. The van der Waals surface area contributed by atoms with E-state index in [-0.39, 0.29) is 11.9 Å². The molecule has 3 aliphatic rings. The summed E-state index contributed by atoms with van der Waals surface area (Å²) in [5, 5.41) is 2.87. The molecule has 8 nitrogen and oxygen atoms in total. The van der Waals surface area contributed by atoms with Crippen molar-refractivity contribution in [2.45, 2.75) is 6.04 Å². The third-order valence-corrected chi connectivity index (χ3v) is 4.73. The highest BCUT2D eigenvalue weighted by atomic mass is 16.7. The number of amides is 1. The second-order valence-corrected chi connectivity index (χ2v) is 6.30. The van der Waals surface area contributed by atoms with Crippen molar-refractivity contribution in [3.8, 4) is 0 Å². The van der Waals surface area contributed by atoms with Crippen LogP contribution in [0.5, 0.6) is 0 Å². The van der Waals surface area contributed by atoms with Crippen molar-refractivity contribution in [2.24, 2.45) is 0 Å². The molecule has 132 valence electrons. The van der Waals surface area contributed by atoms with Gasteiger partial charge in [-0.05, 0) is 0 Å². The fraction of sp³-hybridized carbons (Fsp3) is 0.278. The lowest BCUT2D eigenvalue weighted by atomic mass is 10.1. The molecule has 1 unspecified atom stereocenters. The molecule has 0 aliphatic carbocycles. The molecule has 0 spiro atoms. The van der Waals surface area contributed by atoms with Gasteiger partial charge in [0.2, 0.25) is 5.91 Å². The van der Waals surface area contributed by atoms with Gasteiger partial charge in [0.15, 0.2) is 17.4 Å². The number of anilines is 2. The molecule has 2 N–H and O–H groups in total. The van der Waals surface area contributed by atoms with Crippen molar-refractivity contribution in [1.29, 1.82) is 0 Å². The van der Waals surface area contributed by atoms with Gasteiger partial charge in [-0.1, -0.05) is 30.3 Å². The van der Waals surface area contributed by atoms with Gasteiger partial charge in [-0.2, -0.15) is 5.48 Å². The van der Waals surface area contributed by atoms with Crippen molar-refractivity contribution in [3.63, 3.8) is 0 Å². The monoisotopic (exact) mass is 351 g/mol. The summed E-state index contributed by atoms with van der Waals surface area (Å²) >= 11 is 0. The maximum Gasteiger partial charge on any atom is 0.249 e. The molecular weight excluding hydrogens is 334 g/mol. The first-order chi connectivity index (χ1) is 12.8. The van der Waals surface area contributed by atoms with E-state index in [4.69, 9.17) is 14.6 Å². The van der Waals surface area contributed by atoms with E-state index in [1.54, 1.807) is 6.20 Å². The number of carbonyl (C=O) groups excluding carboxylic acids is 1. The van der Waals surface area contributed by atoms with Crippen LogP contribution < -0.4 is 15.7 Å². The third-order valence-electron chi connectivity index (χ3n) is 4.73. The van der Waals surface area contributed by atoms with Crippen LogP contribution in [0.1, 0.15) is 11.4 Å². The number of morpholine rings is 1. The maximum atomic E-state index is 12.2. The number of hydrogen-bond donors (Lipinski definition) is 2. The lowest BCUT2D eigenvalue weighted by Gasteiger charge is -2.39. The molecule has 0 radical (unpaired) electrons. The number of ether oxygens (including phenoxy) is 1. The highest BCUT2D eigenvalue weighted by Gasteiger charge is 2.37. The van der Waals surface area contributed by atoms with Gasteiger partial charge >= 0.3 is 0 Å². The number of aromatic nitrogens is 2. The Kier molecular flexibility index (Phi) is 3.58. The van der Waals surface area contributed by atoms with Gasteiger partial charge in [-0.3, -0.25) is 4.79 Å². The van der Waals surface area contributed by atoms with Crippen molar-refractivity contribution >= 4 is 28.7 Å². The molecule has 1 aromatic heterocycles. The van der Waals surface area contributed by atoms with Gasteiger partial charge in [-0.25, -0.2) is 9.97 Å². The van der Waals surface area contributed by atoms with Crippen LogP contribution >= 0.6 is 0 Å². The first-order valence-corrected chi connectivity index (χ1v) is 8.52. The van der Waals surface area contributed by atoms with Crippen LogP contribution in [0, 0.1) is 0 Å². The SMILES string of the molecule is O=C1Nc2cnc(C3=C(c4ccccc4)ONC3)nc2N2CCOCC12. The van der Waals surface area contributed by atoms with Crippen molar-refractivity contribution in [1.82, 2.24) is 15.4 Å². The Balaban J connectivity index is 1.58. The molecule has 26 heavy (non-hydrogen) atoms. The first-order valence-electron chi connectivity index (χ1n) is 8.52. The van der Waals surface area contributed by atoms with Crippen LogP contribution in [-0.2, 0) is 14.4 Å². The average Bonchev–Trinajstić information content (AvgIpc) is 3.19. The van der Waals surface area contributed by atoms with Gasteiger partial charge in [0.1, 0.15) is 11.7 Å². The molecular formula is C18H17N5O3. The minimum absolute atomic E-state index is 0.0800. The van der Waals surface area contributed by atoms with E-state index in [2.05, 4.69) is 15.8 Å². The van der Waals surface area contributed by atoms with E-state index >= 15 is 0 Å². The maximum absolute atomic E-state index is 12.2. The largest absolute Gasteiger partial charge is 0.407 e. The lowest BCUT2D eigenvalue weighted by Crippen LogP contribution is -2.55. The molecule has 8 heteroatoms. The predicted molar refractivity (Wildman–Crippen MR) is 95.0 cm³/mol. The minimum Gasteiger partial charge on any atom is -0.407 e. The lowest BCUT2D eigenvalue weighted by molar-refractivity contribution is -0.120. The average molecular weight is 351 g/mol. The number of benzene rings is 1. The van der Waals surface area contributed by atoms with Crippen LogP contribution in [0.25, 0.3) is 11.3 Å². The molecule has 2 aromatic rings. The molecule has 1 aromatic carbocycles. The fourth-order valence-electron chi connectivity index (χ4n) is 3.44. The topological polar surface area (TPSA) is 88.6 Å². The summed E-state index contributed by atoms with van der Waals surface area (Å²) < 4.78 is 5.44. The molecule has 4 heterocycles. The van der Waals surface area contributed by atoms with Crippen molar-refractivity contribution < 1.29 is 14.4 Å². The zero-order valence-corrected chi connectivity index (χ0v) is 13.9. The van der Waals surface area contributed by atoms with E-state index in [0.717, 1.165) is 22.7 Å². The molecule has 0 saturated carbocycles. The number of rotatable bonds is 2. The zero-order chi connectivity index (χ0) is 17.5. The summed E-state index contributed by atoms with van der Waals surface area (Å²) in [6, 6.07) is 9.51. The van der Waals surface area contributed by atoms with Crippen LogP contribution in [0.2, 0.25) is 0 Å². The van der Waals surface area contributed by atoms with E-state index < -0.39 is 0 Å². The number of carbonyl (C=O) groups is 1. The smallest absolute Gasteiger partial charge is 0.249 e. The molecule has 1 fully saturated rings. The summed E-state index contributed by atoms with van der Waals surface area (Å²) in [6.45, 7) is 2.08. The fourth-order valence-corrected chi connectivity index (χ4v) is 3.44. The molecule has 5 rings (SSSR count). The standard InChI is InChI=1S/C18H17N5O3/c24-18-14-10-25-7-6-23(14)17-13(21-18)9-19-16(22-17)12-8-20-26-15(12)11-4-2-1-3-5-11/h1-5,9,14,20H,6-8,10H2,(H,21,24). The summed E-state index contributed by atoms with van der Waals surface area (Å²) in [6.07, 6.45) is 1.66. The van der Waals surface area contributed by atoms with Gasteiger partial charge in [0, 0.05) is 12.1 Å². The van der Waals surface area contributed by atoms with E-state index in [0.29, 0.717) is 37.8 Å². The van der Waals surface area contributed by atoms with Crippen molar-refractivity contribution in [2.75, 3.05) is 36.5 Å². The Morgan fingerprint density at radius 3 is 3.00 bits per heavy atom. The normalized spacial score (nSPS) is 21.8. The van der Waals surface area contributed by atoms with Crippen LogP contribution in [0.3, 0.4) is 0 Å². The van der Waals surface area contributed by atoms with Gasteiger partial charge in [0.25, 0.3) is 0 Å². The van der Waals surface area contributed by atoms with E-state index in [1.807, 2.05) is 35.2 Å². The quantitative estimate of drug-likeness (QED) is 0.836. The minimum atomic E-state index is -0.348. The molecule has 1 saturated heterocycles. The molecule has 1 amide bonds. The third kappa shape index (κ3) is 2.42. The summed E-state index contributed by atoms with van der Waals surface area (Å²) in [5.41, 5.74) is 5.39. The second-order valence-electron chi connectivity index (χ2n) is 6.30. The number of hydrogen-bond acceptors (Lipinski definition) is 7. The van der Waals surface area contributed by atoms with Gasteiger partial charge in [0.05, 0.1) is 31.5 Å². The Labute approximate surface area is 149 Å². The van der Waals surface area contributed by atoms with Gasteiger partial charge in [-0.15, -0.1) is 0 Å². The van der Waals surface area contributed by atoms with E-state index in [9.17, 15) is 4.79 Å². The van der Waals surface area contributed by atoms with Crippen LogP contribution in [0.15, 0.2) is 36.5 Å². The highest BCUT2D eigenvalue weighted by Crippen LogP contribution is 2.34. The second kappa shape index (κ2) is 6.08. The van der Waals surface area contributed by atoms with E-state index in [1.165, 1.54) is 0 Å². The molecule has 3 aliphatic heterocycles. The Hall–Kier alpha value is -2.97. The number of fused-ring (bicyclic) bond motifs is 3. The Morgan fingerprint density at radius 2 is 2.12 bits per heavy atom. The Bertz CT molecular complexity index is 899. The summed E-state index contributed by atoms with van der Waals surface area (Å²) in [7, 11) is 0. The van der Waals surface area contributed by atoms with Crippen LogP contribution in [-0.4, -0.2) is 48.2 Å². The first kappa shape index (κ1) is 15.3. The zero-order valence-electron chi connectivity index (χ0n) is 13.9. The summed E-state index contributed by atoms with van der Waals surface area (Å²) in [5.74, 6) is 1.97. The van der Waals surface area contributed by atoms with Crippen LogP contribution in [0.4, 0.5) is 11.5 Å². The molecule has 1 atom stereocenters.